The summed E-state index contributed by atoms with van der Waals surface area (Å²) in [4.78, 5) is 34.0. The monoisotopic (exact) mass is 434 g/mol. The van der Waals surface area contributed by atoms with E-state index in [9.17, 15) is 9.59 Å². The molecule has 8 heteroatoms. The molecule has 4 rings (SSSR count). The quantitative estimate of drug-likeness (QED) is 0.507. The fourth-order valence-electron chi connectivity index (χ4n) is 3.51. The van der Waals surface area contributed by atoms with Crippen molar-refractivity contribution in [1.82, 2.24) is 14.5 Å². The molecule has 1 amide bonds. The van der Waals surface area contributed by atoms with Crippen molar-refractivity contribution in [1.29, 1.82) is 0 Å². The Labute approximate surface area is 183 Å². The maximum absolute atomic E-state index is 13.3. The van der Waals surface area contributed by atoms with Gasteiger partial charge in [0.25, 0.3) is 5.91 Å². The summed E-state index contributed by atoms with van der Waals surface area (Å²) < 4.78 is 6.97. The molecular weight excluding hydrogens is 416 g/mol. The Hall–Kier alpha value is -3.71. The fourth-order valence-corrected chi connectivity index (χ4v) is 3.63. The van der Waals surface area contributed by atoms with Crippen molar-refractivity contribution in [3.8, 4) is 5.75 Å². The van der Waals surface area contributed by atoms with Gasteiger partial charge in [-0.3, -0.25) is 19.1 Å². The minimum Gasteiger partial charge on any atom is -0.497 e. The van der Waals surface area contributed by atoms with Gasteiger partial charge in [0.1, 0.15) is 5.75 Å². The molecule has 31 heavy (non-hydrogen) atoms. The second kappa shape index (κ2) is 8.57. The molecule has 2 aromatic carbocycles. The number of fused-ring (bicyclic) bond motifs is 1. The molecule has 0 aliphatic rings. The largest absolute Gasteiger partial charge is 0.497 e. The number of methoxy groups -OCH3 is 1. The molecule has 0 aliphatic heterocycles. The van der Waals surface area contributed by atoms with Crippen LogP contribution in [0.1, 0.15) is 21.6 Å². The second-order valence-corrected chi connectivity index (χ2v) is 7.35. The third kappa shape index (κ3) is 4.13. The lowest BCUT2D eigenvalue weighted by atomic mass is 10.1. The van der Waals surface area contributed by atoms with Gasteiger partial charge in [0.2, 0.25) is 5.91 Å². The van der Waals surface area contributed by atoms with E-state index in [-0.39, 0.29) is 18.2 Å². The summed E-state index contributed by atoms with van der Waals surface area (Å²) in [6.45, 7) is 1.82. The van der Waals surface area contributed by atoms with Crippen LogP contribution in [-0.2, 0) is 11.2 Å². The van der Waals surface area contributed by atoms with Crippen molar-refractivity contribution in [2.24, 2.45) is 0 Å². The van der Waals surface area contributed by atoms with Gasteiger partial charge >= 0.3 is 0 Å². The minimum absolute atomic E-state index is 0.0625. The maximum Gasteiger partial charge on any atom is 0.262 e. The van der Waals surface area contributed by atoms with Crippen LogP contribution in [0.25, 0.3) is 10.9 Å². The number of aromatic nitrogens is 3. The molecule has 0 saturated carbocycles. The predicted molar refractivity (Wildman–Crippen MR) is 119 cm³/mol. The van der Waals surface area contributed by atoms with Crippen molar-refractivity contribution in [2.45, 2.75) is 13.3 Å². The minimum atomic E-state index is -0.260. The Morgan fingerprint density at radius 1 is 1.13 bits per heavy atom. The van der Waals surface area contributed by atoms with Crippen molar-refractivity contribution in [3.63, 3.8) is 0 Å². The highest BCUT2D eigenvalue weighted by Gasteiger charge is 2.22. The number of halogens is 1. The molecule has 7 nitrogen and oxygen atoms in total. The average Bonchev–Trinajstić information content (AvgIpc) is 3.05. The van der Waals surface area contributed by atoms with Crippen LogP contribution in [0.2, 0.25) is 5.02 Å². The molecule has 0 unspecified atom stereocenters. The van der Waals surface area contributed by atoms with E-state index in [2.05, 4.69) is 15.3 Å². The van der Waals surface area contributed by atoms with E-state index in [1.165, 1.54) is 18.6 Å². The number of anilines is 1. The van der Waals surface area contributed by atoms with E-state index >= 15 is 0 Å². The number of amides is 1. The van der Waals surface area contributed by atoms with Crippen molar-refractivity contribution in [3.05, 3.63) is 82.9 Å². The van der Waals surface area contributed by atoms with Crippen LogP contribution in [0.4, 0.5) is 5.82 Å². The number of ether oxygens (including phenoxy) is 1. The Morgan fingerprint density at radius 2 is 1.90 bits per heavy atom. The molecular formula is C23H19ClN4O3. The van der Waals surface area contributed by atoms with Crippen LogP contribution >= 0.6 is 11.6 Å². The number of nitrogens with zero attached hydrogens (tertiary/aromatic N) is 3. The molecule has 2 aromatic heterocycles. The van der Waals surface area contributed by atoms with Crippen LogP contribution < -0.4 is 10.1 Å². The molecule has 0 aliphatic carbocycles. The zero-order valence-corrected chi connectivity index (χ0v) is 17.7. The molecule has 0 bridgehead atoms. The van der Waals surface area contributed by atoms with Crippen LogP contribution in [0, 0.1) is 6.92 Å². The molecule has 1 N–H and O–H groups in total. The normalized spacial score (nSPS) is 10.8. The number of carbonyl (C=O) groups is 2. The van der Waals surface area contributed by atoms with Crippen molar-refractivity contribution >= 4 is 40.1 Å². The lowest BCUT2D eigenvalue weighted by Gasteiger charge is -2.08. The number of hydrogen-bond acceptors (Lipinski definition) is 5. The van der Waals surface area contributed by atoms with Gasteiger partial charge < -0.3 is 10.1 Å². The van der Waals surface area contributed by atoms with E-state index < -0.39 is 0 Å². The highest BCUT2D eigenvalue weighted by molar-refractivity contribution is 6.30. The highest BCUT2D eigenvalue weighted by atomic mass is 35.5. The summed E-state index contributed by atoms with van der Waals surface area (Å²) in [5.74, 6) is 0.539. The van der Waals surface area contributed by atoms with Gasteiger partial charge in [-0.25, -0.2) is 4.98 Å². The summed E-state index contributed by atoms with van der Waals surface area (Å²) in [6.07, 6.45) is 4.57. The maximum atomic E-state index is 13.3. The summed E-state index contributed by atoms with van der Waals surface area (Å²) in [6, 6.07) is 12.1. The first-order valence-electron chi connectivity index (χ1n) is 9.52. The zero-order valence-electron chi connectivity index (χ0n) is 16.9. The lowest BCUT2D eigenvalue weighted by molar-refractivity contribution is -0.115. The Bertz CT molecular complexity index is 1270. The second-order valence-electron chi connectivity index (χ2n) is 6.91. The summed E-state index contributed by atoms with van der Waals surface area (Å²) in [7, 11) is 1.57. The SMILES string of the molecule is COc1ccc2c(c1)c(CC(=O)Nc1cnccn1)c(C)n2C(=O)c1ccc(Cl)cc1. The van der Waals surface area contributed by atoms with Crippen LogP contribution in [0.3, 0.4) is 0 Å². The van der Waals surface area contributed by atoms with Crippen LogP contribution in [-0.4, -0.2) is 33.5 Å². The van der Waals surface area contributed by atoms with E-state index in [0.29, 0.717) is 33.4 Å². The first-order valence-corrected chi connectivity index (χ1v) is 9.90. The summed E-state index contributed by atoms with van der Waals surface area (Å²) >= 11 is 5.96. The fraction of sp³-hybridized carbons (Fsp3) is 0.130. The van der Waals surface area contributed by atoms with Gasteiger partial charge in [0, 0.05) is 34.1 Å². The van der Waals surface area contributed by atoms with Gasteiger partial charge in [-0.1, -0.05) is 11.6 Å². The van der Waals surface area contributed by atoms with Crippen LogP contribution in [0.5, 0.6) is 5.75 Å². The third-order valence-corrected chi connectivity index (χ3v) is 5.26. The summed E-state index contributed by atoms with van der Waals surface area (Å²) in [5.41, 5.74) is 2.60. The smallest absolute Gasteiger partial charge is 0.262 e. The molecule has 0 spiro atoms. The third-order valence-electron chi connectivity index (χ3n) is 5.00. The first kappa shape index (κ1) is 20.6. The van der Waals surface area contributed by atoms with E-state index in [1.54, 1.807) is 42.0 Å². The number of hydrogen-bond donors (Lipinski definition) is 1. The molecule has 156 valence electrons. The lowest BCUT2D eigenvalue weighted by Crippen LogP contribution is -2.17. The van der Waals surface area contributed by atoms with Gasteiger partial charge in [-0.05, 0) is 55.0 Å². The predicted octanol–water partition coefficient (Wildman–Crippen LogP) is 4.27. The van der Waals surface area contributed by atoms with Gasteiger partial charge in [0.05, 0.1) is 25.2 Å². The van der Waals surface area contributed by atoms with Gasteiger partial charge in [-0.15, -0.1) is 0 Å². The van der Waals surface area contributed by atoms with Gasteiger partial charge in [0.15, 0.2) is 5.82 Å². The Kier molecular flexibility index (Phi) is 5.68. The molecule has 0 atom stereocenters. The molecule has 2 heterocycles. The molecule has 0 saturated heterocycles. The van der Waals surface area contributed by atoms with Crippen molar-refractivity contribution in [2.75, 3.05) is 12.4 Å². The Morgan fingerprint density at radius 3 is 2.58 bits per heavy atom. The van der Waals surface area contributed by atoms with Crippen LogP contribution in [0.15, 0.2) is 61.1 Å². The molecule has 0 fully saturated rings. The first-order chi connectivity index (χ1) is 15.0. The topological polar surface area (TPSA) is 86.1 Å². The summed E-state index contributed by atoms with van der Waals surface area (Å²) in [5, 5.41) is 4.06. The molecule has 4 aromatic rings. The van der Waals surface area contributed by atoms with E-state index in [1.807, 2.05) is 19.1 Å². The highest BCUT2D eigenvalue weighted by Crippen LogP contribution is 2.31. The number of nitrogens with one attached hydrogen (secondary N) is 1. The number of carbonyl (C=O) groups excluding carboxylic acids is 2. The van der Waals surface area contributed by atoms with E-state index in [4.69, 9.17) is 16.3 Å². The number of rotatable bonds is 5. The Balaban J connectivity index is 1.77. The van der Waals surface area contributed by atoms with Gasteiger partial charge in [-0.2, -0.15) is 0 Å². The van der Waals surface area contributed by atoms with Crippen molar-refractivity contribution < 1.29 is 14.3 Å². The zero-order chi connectivity index (χ0) is 22.0. The van der Waals surface area contributed by atoms with E-state index in [0.717, 1.165) is 10.9 Å². The average molecular weight is 435 g/mol. The standard InChI is InChI=1S/C23H19ClN4O3/c1-14-18(12-22(29)27-21-13-25-9-10-26-21)19-11-17(31-2)7-8-20(19)28(14)23(30)15-3-5-16(24)6-4-15/h3-11,13H,12H2,1-2H3,(H,26,27,29). The molecule has 0 radical (unpaired) electrons. The number of benzene rings is 2.